The van der Waals surface area contributed by atoms with Crippen LogP contribution in [0.3, 0.4) is 0 Å². The molecule has 3 aromatic rings. The lowest BCUT2D eigenvalue weighted by atomic mass is 9.95. The average molecular weight is 496 g/mol. The van der Waals surface area contributed by atoms with E-state index in [1.807, 2.05) is 19.9 Å². The van der Waals surface area contributed by atoms with Gasteiger partial charge in [0.1, 0.15) is 5.82 Å². The topological polar surface area (TPSA) is 143 Å². The molecule has 0 fully saturated rings. The molecule has 36 heavy (non-hydrogen) atoms. The third-order valence-corrected chi connectivity index (χ3v) is 6.63. The number of nitrogens with one attached hydrogen (secondary N) is 2. The maximum absolute atomic E-state index is 13.2. The summed E-state index contributed by atoms with van der Waals surface area (Å²) in [7, 11) is 0. The molecule has 10 nitrogen and oxygen atoms in total. The Morgan fingerprint density at radius 2 is 1.89 bits per heavy atom. The van der Waals surface area contributed by atoms with Crippen molar-refractivity contribution in [2.45, 2.75) is 65.3 Å². The summed E-state index contributed by atoms with van der Waals surface area (Å²) in [5, 5.41) is 1.01. The van der Waals surface area contributed by atoms with Gasteiger partial charge in [-0.15, -0.1) is 0 Å². The molecule has 0 bridgehead atoms. The number of rotatable bonds is 9. The van der Waals surface area contributed by atoms with E-state index in [2.05, 4.69) is 9.97 Å². The van der Waals surface area contributed by atoms with Crippen LogP contribution in [0, 0.1) is 0 Å². The second-order valence-corrected chi connectivity index (χ2v) is 9.17. The minimum absolute atomic E-state index is 0.0796. The van der Waals surface area contributed by atoms with E-state index in [4.69, 9.17) is 10.5 Å². The molecule has 0 atom stereocenters. The highest BCUT2D eigenvalue weighted by Gasteiger charge is 2.25. The van der Waals surface area contributed by atoms with Gasteiger partial charge in [0.05, 0.1) is 5.56 Å². The van der Waals surface area contributed by atoms with Gasteiger partial charge in [0.25, 0.3) is 11.5 Å². The van der Waals surface area contributed by atoms with Gasteiger partial charge in [-0.25, -0.2) is 9.59 Å². The monoisotopic (exact) mass is 495 g/mol. The Morgan fingerprint density at radius 3 is 2.64 bits per heavy atom. The average Bonchev–Trinajstić information content (AvgIpc) is 3.24. The number of aryl methyl sites for hydroxylation is 2. The number of unbranched alkanes of at least 4 members (excludes halogenated alkanes) is 1. The fourth-order valence-corrected chi connectivity index (χ4v) is 4.78. The summed E-state index contributed by atoms with van der Waals surface area (Å²) in [4.78, 5) is 57.7. The SMILES string of the molecule is CCCCN(C(=O)COC(=O)c1ccc2[nH]c3c(c2c1)CCCC3)c1c(N)n(CCC)c(=O)[nH]c1=O. The Bertz CT molecular complexity index is 1400. The van der Waals surface area contributed by atoms with Crippen LogP contribution in [-0.4, -0.2) is 39.6 Å². The van der Waals surface area contributed by atoms with E-state index < -0.39 is 29.7 Å². The highest BCUT2D eigenvalue weighted by atomic mass is 16.5. The number of amides is 1. The van der Waals surface area contributed by atoms with Crippen molar-refractivity contribution in [3.63, 3.8) is 0 Å². The maximum atomic E-state index is 13.2. The van der Waals surface area contributed by atoms with Crippen molar-refractivity contribution in [2.24, 2.45) is 0 Å². The maximum Gasteiger partial charge on any atom is 0.338 e. The second kappa shape index (κ2) is 10.8. The van der Waals surface area contributed by atoms with Crippen molar-refractivity contribution >= 4 is 34.3 Å². The summed E-state index contributed by atoms with van der Waals surface area (Å²) in [6, 6.07) is 5.34. The van der Waals surface area contributed by atoms with Crippen LogP contribution in [0.5, 0.6) is 0 Å². The molecule has 0 saturated carbocycles. The molecule has 0 unspecified atom stereocenters. The Hall–Kier alpha value is -3.82. The molecule has 4 N–H and O–H groups in total. The van der Waals surface area contributed by atoms with E-state index >= 15 is 0 Å². The predicted octanol–water partition coefficient (Wildman–Crippen LogP) is 2.88. The molecule has 0 radical (unpaired) electrons. The second-order valence-electron chi connectivity index (χ2n) is 9.17. The summed E-state index contributed by atoms with van der Waals surface area (Å²) in [6.45, 7) is 3.76. The van der Waals surface area contributed by atoms with E-state index in [1.54, 1.807) is 12.1 Å². The van der Waals surface area contributed by atoms with Gasteiger partial charge in [-0.3, -0.25) is 19.1 Å². The first-order chi connectivity index (χ1) is 17.3. The van der Waals surface area contributed by atoms with Crippen LogP contribution in [-0.2, 0) is 28.9 Å². The number of esters is 1. The molecule has 1 aromatic carbocycles. The van der Waals surface area contributed by atoms with E-state index in [-0.39, 0.29) is 18.1 Å². The summed E-state index contributed by atoms with van der Waals surface area (Å²) in [5.41, 5.74) is 8.49. The van der Waals surface area contributed by atoms with Crippen molar-refractivity contribution in [2.75, 3.05) is 23.8 Å². The number of hydrogen-bond acceptors (Lipinski definition) is 6. The van der Waals surface area contributed by atoms with E-state index in [0.717, 1.165) is 43.0 Å². The van der Waals surface area contributed by atoms with Gasteiger partial charge in [0, 0.05) is 29.7 Å². The zero-order valence-electron chi connectivity index (χ0n) is 20.8. The number of aromatic nitrogens is 3. The number of ether oxygens (including phenoxy) is 1. The molecule has 1 aliphatic carbocycles. The molecule has 1 amide bonds. The van der Waals surface area contributed by atoms with Crippen molar-refractivity contribution in [1.29, 1.82) is 0 Å². The van der Waals surface area contributed by atoms with E-state index in [1.165, 1.54) is 20.7 Å². The number of nitrogen functional groups attached to an aromatic ring is 1. The number of hydrogen-bond donors (Lipinski definition) is 3. The van der Waals surface area contributed by atoms with Crippen molar-refractivity contribution in [3.8, 4) is 0 Å². The van der Waals surface area contributed by atoms with Crippen molar-refractivity contribution in [1.82, 2.24) is 14.5 Å². The number of nitrogens with two attached hydrogens (primary N) is 1. The highest BCUT2D eigenvalue weighted by Crippen LogP contribution is 2.30. The molecule has 0 spiro atoms. The minimum Gasteiger partial charge on any atom is -0.452 e. The predicted molar refractivity (Wildman–Crippen MR) is 139 cm³/mol. The number of aromatic amines is 2. The van der Waals surface area contributed by atoms with Crippen LogP contribution in [0.1, 0.15) is 67.6 Å². The number of fused-ring (bicyclic) bond motifs is 3. The molecule has 2 aromatic heterocycles. The summed E-state index contributed by atoms with van der Waals surface area (Å²) < 4.78 is 6.60. The molecule has 10 heteroatoms. The third-order valence-electron chi connectivity index (χ3n) is 6.63. The van der Waals surface area contributed by atoms with Crippen LogP contribution in [0.2, 0.25) is 0 Å². The van der Waals surface area contributed by atoms with Crippen LogP contribution in [0.15, 0.2) is 27.8 Å². The molecular weight excluding hydrogens is 462 g/mol. The lowest BCUT2D eigenvalue weighted by Crippen LogP contribution is -2.43. The zero-order valence-corrected chi connectivity index (χ0v) is 20.8. The van der Waals surface area contributed by atoms with Crippen LogP contribution < -0.4 is 21.9 Å². The molecule has 2 heterocycles. The number of H-pyrrole nitrogens is 2. The van der Waals surface area contributed by atoms with Gasteiger partial charge >= 0.3 is 11.7 Å². The van der Waals surface area contributed by atoms with Crippen LogP contribution in [0.25, 0.3) is 10.9 Å². The largest absolute Gasteiger partial charge is 0.452 e. The number of nitrogens with zero attached hydrogens (tertiary/aromatic N) is 2. The lowest BCUT2D eigenvalue weighted by molar-refractivity contribution is -0.121. The first-order valence-electron chi connectivity index (χ1n) is 12.6. The van der Waals surface area contributed by atoms with Crippen molar-refractivity contribution in [3.05, 3.63) is 55.9 Å². The first kappa shape index (κ1) is 25.3. The van der Waals surface area contributed by atoms with Crippen LogP contribution in [0.4, 0.5) is 11.5 Å². The normalized spacial score (nSPS) is 12.9. The molecule has 192 valence electrons. The number of benzene rings is 1. The van der Waals surface area contributed by atoms with Gasteiger partial charge in [-0.05, 0) is 62.3 Å². The fraction of sp³-hybridized carbons (Fsp3) is 0.462. The Morgan fingerprint density at radius 1 is 1.11 bits per heavy atom. The highest BCUT2D eigenvalue weighted by molar-refractivity contribution is 6.00. The van der Waals surface area contributed by atoms with Gasteiger partial charge in [0.2, 0.25) is 0 Å². The molecule has 0 saturated heterocycles. The Kier molecular flexibility index (Phi) is 7.61. The standard InChI is InChI=1S/C26H33N5O5/c1-3-5-13-30(22-23(27)31(12-4-2)26(35)29-24(22)33)21(32)15-36-25(34)16-10-11-20-18(14-16)17-8-6-7-9-19(17)28-20/h10-11,14,28H,3-9,12-13,15,27H2,1-2H3,(H,29,33,35). The third kappa shape index (κ3) is 4.93. The van der Waals surface area contributed by atoms with E-state index in [9.17, 15) is 19.2 Å². The Balaban J connectivity index is 1.55. The van der Waals surface area contributed by atoms with Gasteiger partial charge in [-0.2, -0.15) is 0 Å². The van der Waals surface area contributed by atoms with Crippen LogP contribution >= 0.6 is 0 Å². The van der Waals surface area contributed by atoms with Gasteiger partial charge in [-0.1, -0.05) is 20.3 Å². The summed E-state index contributed by atoms with van der Waals surface area (Å²) in [6.07, 6.45) is 6.20. The smallest absolute Gasteiger partial charge is 0.338 e. The Labute approximate surface area is 208 Å². The molecule has 0 aliphatic heterocycles. The molecular formula is C26H33N5O5. The van der Waals surface area contributed by atoms with Gasteiger partial charge < -0.3 is 20.4 Å². The minimum atomic E-state index is -0.747. The fourth-order valence-electron chi connectivity index (χ4n) is 4.78. The quantitative estimate of drug-likeness (QED) is 0.390. The first-order valence-corrected chi connectivity index (χ1v) is 12.6. The number of anilines is 2. The van der Waals surface area contributed by atoms with Crippen molar-refractivity contribution < 1.29 is 14.3 Å². The lowest BCUT2D eigenvalue weighted by Gasteiger charge is -2.24. The number of carbonyl (C=O) groups excluding carboxylic acids is 2. The number of carbonyl (C=O) groups is 2. The van der Waals surface area contributed by atoms with Gasteiger partial charge in [0.15, 0.2) is 12.3 Å². The molecule has 1 aliphatic rings. The summed E-state index contributed by atoms with van der Waals surface area (Å²) >= 11 is 0. The summed E-state index contributed by atoms with van der Waals surface area (Å²) in [5.74, 6) is -1.29. The zero-order chi connectivity index (χ0) is 25.8. The molecule has 4 rings (SSSR count). The van der Waals surface area contributed by atoms with E-state index in [0.29, 0.717) is 24.9 Å².